The summed E-state index contributed by atoms with van der Waals surface area (Å²) in [6, 6.07) is 7.52. The molecule has 86 valence electrons. The molecule has 0 radical (unpaired) electrons. The number of carboxylic acids is 1. The first-order valence-electron chi connectivity index (χ1n) is 5.34. The van der Waals surface area contributed by atoms with Gasteiger partial charge in [-0.25, -0.2) is 4.79 Å². The zero-order valence-corrected chi connectivity index (χ0v) is 9.77. The normalized spacial score (nSPS) is 10.2. The van der Waals surface area contributed by atoms with E-state index in [2.05, 4.69) is 11.1 Å². The van der Waals surface area contributed by atoms with E-state index in [1.54, 1.807) is 6.20 Å². The van der Waals surface area contributed by atoms with Gasteiger partial charge in [0.1, 0.15) is 0 Å². The number of benzene rings is 1. The van der Waals surface area contributed by atoms with E-state index in [0.29, 0.717) is 5.56 Å². The molecule has 2 aromatic rings. The summed E-state index contributed by atoms with van der Waals surface area (Å²) in [5, 5.41) is 9.14. The third-order valence-corrected chi connectivity index (χ3v) is 2.58. The molecule has 0 saturated heterocycles. The summed E-state index contributed by atoms with van der Waals surface area (Å²) in [5.74, 6) is -0.929. The van der Waals surface area contributed by atoms with Crippen LogP contribution in [0.1, 0.15) is 21.5 Å². The van der Waals surface area contributed by atoms with Crippen LogP contribution in [-0.4, -0.2) is 16.1 Å². The smallest absolute Gasteiger partial charge is 0.336 e. The van der Waals surface area contributed by atoms with E-state index in [1.165, 1.54) is 12.3 Å². The lowest BCUT2D eigenvalue weighted by atomic mass is 9.98. The number of rotatable bonds is 2. The van der Waals surface area contributed by atoms with E-state index in [0.717, 1.165) is 16.7 Å². The molecule has 0 fully saturated rings. The van der Waals surface area contributed by atoms with E-state index in [4.69, 9.17) is 5.11 Å². The fourth-order valence-electron chi connectivity index (χ4n) is 1.94. The first-order valence-corrected chi connectivity index (χ1v) is 5.34. The Labute approximate surface area is 99.8 Å². The number of carbonyl (C=O) groups is 1. The van der Waals surface area contributed by atoms with Crippen LogP contribution in [0.5, 0.6) is 0 Å². The molecule has 3 nitrogen and oxygen atoms in total. The maximum atomic E-state index is 11.1. The molecular weight excluding hydrogens is 214 g/mol. The lowest BCUT2D eigenvalue weighted by Crippen LogP contribution is -2.00. The van der Waals surface area contributed by atoms with E-state index in [1.807, 2.05) is 26.0 Å². The highest BCUT2D eigenvalue weighted by atomic mass is 16.4. The average Bonchev–Trinajstić information content (AvgIpc) is 2.27. The SMILES string of the molecule is Cc1cc(C)cc(-c2cnccc2C(=O)O)c1. The topological polar surface area (TPSA) is 50.2 Å². The minimum Gasteiger partial charge on any atom is -0.478 e. The second-order valence-corrected chi connectivity index (χ2v) is 4.10. The van der Waals surface area contributed by atoms with Crippen molar-refractivity contribution in [3.63, 3.8) is 0 Å². The maximum Gasteiger partial charge on any atom is 0.336 e. The third kappa shape index (κ3) is 2.33. The molecule has 1 N–H and O–H groups in total. The Morgan fingerprint density at radius 2 is 1.82 bits per heavy atom. The Morgan fingerprint density at radius 1 is 1.18 bits per heavy atom. The number of hydrogen-bond donors (Lipinski definition) is 1. The minimum absolute atomic E-state index is 0.282. The van der Waals surface area contributed by atoms with Gasteiger partial charge in [-0.1, -0.05) is 29.3 Å². The molecule has 1 aromatic carbocycles. The van der Waals surface area contributed by atoms with E-state index in [9.17, 15) is 4.79 Å². The van der Waals surface area contributed by atoms with Gasteiger partial charge in [0.05, 0.1) is 5.56 Å². The molecule has 0 atom stereocenters. The second kappa shape index (κ2) is 4.37. The molecule has 0 saturated carbocycles. The number of pyridine rings is 1. The van der Waals surface area contributed by atoms with E-state index < -0.39 is 5.97 Å². The molecule has 3 heteroatoms. The Morgan fingerprint density at radius 3 is 2.41 bits per heavy atom. The van der Waals surface area contributed by atoms with Crippen molar-refractivity contribution in [2.24, 2.45) is 0 Å². The molecular formula is C14H13NO2. The molecule has 0 amide bonds. The van der Waals surface area contributed by atoms with Crippen LogP contribution in [0.4, 0.5) is 0 Å². The molecule has 2 rings (SSSR count). The Hall–Kier alpha value is -2.16. The second-order valence-electron chi connectivity index (χ2n) is 4.10. The molecule has 1 heterocycles. The monoisotopic (exact) mass is 227 g/mol. The number of nitrogens with zero attached hydrogens (tertiary/aromatic N) is 1. The first kappa shape index (κ1) is 11.3. The molecule has 0 aliphatic carbocycles. The van der Waals surface area contributed by atoms with Crippen LogP contribution in [0, 0.1) is 13.8 Å². The fourth-order valence-corrected chi connectivity index (χ4v) is 1.94. The largest absolute Gasteiger partial charge is 0.478 e. The Kier molecular flexibility index (Phi) is 2.91. The molecule has 0 bridgehead atoms. The van der Waals surface area contributed by atoms with Crippen LogP contribution < -0.4 is 0 Å². The highest BCUT2D eigenvalue weighted by molar-refractivity contribution is 5.95. The third-order valence-electron chi connectivity index (χ3n) is 2.58. The summed E-state index contributed by atoms with van der Waals surface area (Å²) in [5.41, 5.74) is 4.06. The Bertz CT molecular complexity index is 556. The van der Waals surface area contributed by atoms with Crippen molar-refractivity contribution in [3.05, 3.63) is 53.3 Å². The molecule has 17 heavy (non-hydrogen) atoms. The van der Waals surface area contributed by atoms with Crippen molar-refractivity contribution in [1.82, 2.24) is 4.98 Å². The number of aromatic carboxylic acids is 1. The lowest BCUT2D eigenvalue weighted by Gasteiger charge is -2.07. The number of aryl methyl sites for hydroxylation is 2. The summed E-state index contributed by atoms with van der Waals surface area (Å²) in [7, 11) is 0. The van der Waals surface area contributed by atoms with Crippen LogP contribution in [-0.2, 0) is 0 Å². The van der Waals surface area contributed by atoms with Crippen LogP contribution in [0.25, 0.3) is 11.1 Å². The number of aromatic nitrogens is 1. The molecule has 0 spiro atoms. The average molecular weight is 227 g/mol. The van der Waals surface area contributed by atoms with Gasteiger partial charge in [0.2, 0.25) is 0 Å². The van der Waals surface area contributed by atoms with Crippen molar-refractivity contribution < 1.29 is 9.90 Å². The molecule has 0 aliphatic rings. The highest BCUT2D eigenvalue weighted by Crippen LogP contribution is 2.24. The molecule has 1 aromatic heterocycles. The van der Waals surface area contributed by atoms with Crippen LogP contribution >= 0.6 is 0 Å². The van der Waals surface area contributed by atoms with Gasteiger partial charge in [-0.3, -0.25) is 4.98 Å². The van der Waals surface area contributed by atoms with Gasteiger partial charge in [-0.05, 0) is 25.5 Å². The summed E-state index contributed by atoms with van der Waals surface area (Å²) < 4.78 is 0. The van der Waals surface area contributed by atoms with Gasteiger partial charge >= 0.3 is 5.97 Å². The zero-order chi connectivity index (χ0) is 12.4. The van der Waals surface area contributed by atoms with E-state index >= 15 is 0 Å². The molecule has 0 unspecified atom stereocenters. The first-order chi connectivity index (χ1) is 8.08. The van der Waals surface area contributed by atoms with Gasteiger partial charge in [-0.2, -0.15) is 0 Å². The summed E-state index contributed by atoms with van der Waals surface area (Å²) in [6.45, 7) is 3.99. The van der Waals surface area contributed by atoms with Gasteiger partial charge < -0.3 is 5.11 Å². The number of hydrogen-bond acceptors (Lipinski definition) is 2. The minimum atomic E-state index is -0.929. The van der Waals surface area contributed by atoms with Crippen LogP contribution in [0.3, 0.4) is 0 Å². The van der Waals surface area contributed by atoms with Gasteiger partial charge in [-0.15, -0.1) is 0 Å². The fraction of sp³-hybridized carbons (Fsp3) is 0.143. The van der Waals surface area contributed by atoms with Gasteiger partial charge in [0.25, 0.3) is 0 Å². The van der Waals surface area contributed by atoms with Crippen LogP contribution in [0.15, 0.2) is 36.7 Å². The van der Waals surface area contributed by atoms with Crippen molar-refractivity contribution in [1.29, 1.82) is 0 Å². The summed E-state index contributed by atoms with van der Waals surface area (Å²) >= 11 is 0. The standard InChI is InChI=1S/C14H13NO2/c1-9-5-10(2)7-11(6-9)13-8-15-4-3-12(13)14(16)17/h3-8H,1-2H3,(H,16,17). The Balaban J connectivity index is 2.64. The zero-order valence-electron chi connectivity index (χ0n) is 9.77. The summed E-state index contributed by atoms with van der Waals surface area (Å²) in [6.07, 6.45) is 3.09. The quantitative estimate of drug-likeness (QED) is 0.857. The van der Waals surface area contributed by atoms with Crippen LogP contribution in [0.2, 0.25) is 0 Å². The van der Waals surface area contributed by atoms with Crippen molar-refractivity contribution >= 4 is 5.97 Å². The molecule has 0 aliphatic heterocycles. The van der Waals surface area contributed by atoms with Crippen molar-refractivity contribution in [2.75, 3.05) is 0 Å². The van der Waals surface area contributed by atoms with Crippen molar-refractivity contribution in [3.8, 4) is 11.1 Å². The maximum absolute atomic E-state index is 11.1. The van der Waals surface area contributed by atoms with Crippen molar-refractivity contribution in [2.45, 2.75) is 13.8 Å². The predicted octanol–water partition coefficient (Wildman–Crippen LogP) is 3.06. The predicted molar refractivity (Wildman–Crippen MR) is 66.1 cm³/mol. The lowest BCUT2D eigenvalue weighted by molar-refractivity contribution is 0.0697. The summed E-state index contributed by atoms with van der Waals surface area (Å²) in [4.78, 5) is 15.1. The van der Waals surface area contributed by atoms with Gasteiger partial charge in [0.15, 0.2) is 0 Å². The highest BCUT2D eigenvalue weighted by Gasteiger charge is 2.11. The number of carboxylic acid groups (broad SMARTS) is 1. The van der Waals surface area contributed by atoms with E-state index in [-0.39, 0.29) is 5.56 Å². The van der Waals surface area contributed by atoms with Gasteiger partial charge in [0, 0.05) is 18.0 Å².